The molecule has 1 aromatic carbocycles. The second-order valence-corrected chi connectivity index (χ2v) is 6.15. The van der Waals surface area contributed by atoms with Gasteiger partial charge in [-0.1, -0.05) is 19.1 Å². The maximum Gasteiger partial charge on any atom is 0.260 e. The molecule has 1 aliphatic rings. The molecule has 3 rings (SSSR count). The van der Waals surface area contributed by atoms with E-state index in [0.29, 0.717) is 5.92 Å². The van der Waals surface area contributed by atoms with Gasteiger partial charge in [0.2, 0.25) is 0 Å². The number of benzene rings is 1. The van der Waals surface area contributed by atoms with Crippen LogP contribution in [-0.4, -0.2) is 21.2 Å². The number of carbonyl (C=O) groups excluding carboxylic acids is 1. The Hall–Kier alpha value is -2.17. The molecule has 1 saturated carbocycles. The monoisotopic (exact) mass is 298 g/mol. The van der Waals surface area contributed by atoms with Gasteiger partial charge in [-0.3, -0.25) is 4.79 Å². The Labute approximate surface area is 130 Å². The van der Waals surface area contributed by atoms with Crippen LogP contribution >= 0.6 is 0 Å². The van der Waals surface area contributed by atoms with Crippen LogP contribution in [0.1, 0.15) is 38.4 Å². The van der Waals surface area contributed by atoms with E-state index in [2.05, 4.69) is 22.4 Å². The van der Waals surface area contributed by atoms with Crippen molar-refractivity contribution in [2.75, 3.05) is 0 Å². The van der Waals surface area contributed by atoms with Gasteiger partial charge in [-0.05, 0) is 50.7 Å². The number of aromatic nitrogens is 2. The van der Waals surface area contributed by atoms with Crippen LogP contribution in [0.4, 0.5) is 0 Å². The summed E-state index contributed by atoms with van der Waals surface area (Å²) >= 11 is 0. The lowest BCUT2D eigenvalue weighted by Gasteiger charge is -2.19. The summed E-state index contributed by atoms with van der Waals surface area (Å²) in [6.45, 7) is 4.40. The largest absolute Gasteiger partial charge is 0.319 e. The first-order chi connectivity index (χ1) is 10.6. The highest BCUT2D eigenvalue weighted by Crippen LogP contribution is 2.21. The molecule has 22 heavy (non-hydrogen) atoms. The lowest BCUT2D eigenvalue weighted by Crippen LogP contribution is -2.26. The zero-order chi connectivity index (χ0) is 15.5. The number of nitrogens with one attached hydrogen (secondary N) is 1. The molecular formula is C17H22N4O. The Kier molecular flexibility index (Phi) is 4.22. The average Bonchev–Trinajstić information content (AvgIpc) is 2.81. The zero-order valence-corrected chi connectivity index (χ0v) is 13.2. The van der Waals surface area contributed by atoms with Crippen LogP contribution in [0.2, 0.25) is 0 Å². The van der Waals surface area contributed by atoms with Gasteiger partial charge in [-0.15, -0.1) is 0 Å². The fourth-order valence-corrected chi connectivity index (χ4v) is 3.08. The summed E-state index contributed by atoms with van der Waals surface area (Å²) in [5.74, 6) is 1.41. The van der Waals surface area contributed by atoms with Crippen LogP contribution in [0.15, 0.2) is 29.4 Å². The molecule has 0 saturated heterocycles. The van der Waals surface area contributed by atoms with E-state index in [1.807, 2.05) is 35.8 Å². The number of para-hydroxylation sites is 2. The van der Waals surface area contributed by atoms with Gasteiger partial charge in [0.15, 0.2) is 0 Å². The maximum atomic E-state index is 12.2. The molecule has 1 fully saturated rings. The van der Waals surface area contributed by atoms with E-state index in [1.54, 1.807) is 0 Å². The zero-order valence-electron chi connectivity index (χ0n) is 13.2. The number of carbonyl (C=O) groups is 1. The highest BCUT2D eigenvalue weighted by molar-refractivity contribution is 5.87. The summed E-state index contributed by atoms with van der Waals surface area (Å²) in [5.41, 5.74) is 5.71. The van der Waals surface area contributed by atoms with Gasteiger partial charge in [0.1, 0.15) is 12.4 Å². The SMILES string of the molecule is Cc1nc2ccccc2n1CC(=O)N/N=C1\CCC[C@H](C)C1. The van der Waals surface area contributed by atoms with Gasteiger partial charge in [0.25, 0.3) is 5.91 Å². The molecule has 0 unspecified atom stereocenters. The Morgan fingerprint density at radius 2 is 2.27 bits per heavy atom. The van der Waals surface area contributed by atoms with Crippen molar-refractivity contribution in [2.45, 2.75) is 46.1 Å². The number of hydrazone groups is 1. The van der Waals surface area contributed by atoms with Gasteiger partial charge in [-0.2, -0.15) is 5.10 Å². The van der Waals surface area contributed by atoms with E-state index < -0.39 is 0 Å². The number of fused-ring (bicyclic) bond motifs is 1. The molecule has 1 atom stereocenters. The van der Waals surface area contributed by atoms with E-state index in [-0.39, 0.29) is 12.5 Å². The lowest BCUT2D eigenvalue weighted by atomic mass is 9.89. The van der Waals surface area contributed by atoms with Gasteiger partial charge >= 0.3 is 0 Å². The van der Waals surface area contributed by atoms with Crippen LogP contribution in [-0.2, 0) is 11.3 Å². The number of rotatable bonds is 3. The summed E-state index contributed by atoms with van der Waals surface area (Å²) in [4.78, 5) is 16.6. The molecule has 1 aliphatic carbocycles. The van der Waals surface area contributed by atoms with E-state index >= 15 is 0 Å². The average molecular weight is 298 g/mol. The Morgan fingerprint density at radius 1 is 1.45 bits per heavy atom. The molecule has 0 spiro atoms. The van der Waals surface area contributed by atoms with Gasteiger partial charge in [0, 0.05) is 5.71 Å². The summed E-state index contributed by atoms with van der Waals surface area (Å²) in [7, 11) is 0. The number of hydrogen-bond donors (Lipinski definition) is 1. The first-order valence-electron chi connectivity index (χ1n) is 7.89. The van der Waals surface area contributed by atoms with Crippen LogP contribution in [0, 0.1) is 12.8 Å². The quantitative estimate of drug-likeness (QED) is 0.885. The number of imidazole rings is 1. The number of nitrogens with zero attached hydrogens (tertiary/aromatic N) is 3. The maximum absolute atomic E-state index is 12.2. The molecular weight excluding hydrogens is 276 g/mol. The van der Waals surface area contributed by atoms with Gasteiger partial charge in [0.05, 0.1) is 11.0 Å². The molecule has 1 heterocycles. The van der Waals surface area contributed by atoms with Crippen LogP contribution in [0.3, 0.4) is 0 Å². The van der Waals surface area contributed by atoms with E-state index in [9.17, 15) is 4.79 Å². The highest BCUT2D eigenvalue weighted by Gasteiger charge is 2.15. The third-order valence-corrected chi connectivity index (χ3v) is 4.23. The summed E-state index contributed by atoms with van der Waals surface area (Å²) in [5, 5.41) is 4.31. The second kappa shape index (κ2) is 6.30. The topological polar surface area (TPSA) is 59.3 Å². The van der Waals surface area contributed by atoms with Crippen molar-refractivity contribution in [2.24, 2.45) is 11.0 Å². The van der Waals surface area contributed by atoms with Crippen molar-refractivity contribution in [3.05, 3.63) is 30.1 Å². The minimum absolute atomic E-state index is 0.100. The first-order valence-corrected chi connectivity index (χ1v) is 7.89. The summed E-state index contributed by atoms with van der Waals surface area (Å²) in [6.07, 6.45) is 4.42. The predicted molar refractivity (Wildman–Crippen MR) is 87.7 cm³/mol. The molecule has 0 bridgehead atoms. The first kappa shape index (κ1) is 14.8. The van der Waals surface area contributed by atoms with E-state index in [1.165, 1.54) is 12.8 Å². The van der Waals surface area contributed by atoms with Gasteiger partial charge < -0.3 is 4.57 Å². The third-order valence-electron chi connectivity index (χ3n) is 4.23. The molecule has 1 amide bonds. The van der Waals surface area contributed by atoms with Crippen molar-refractivity contribution in [1.29, 1.82) is 0 Å². The smallest absolute Gasteiger partial charge is 0.260 e. The molecule has 2 aromatic rings. The highest BCUT2D eigenvalue weighted by atomic mass is 16.2. The number of amides is 1. The van der Waals surface area contributed by atoms with E-state index in [0.717, 1.165) is 35.4 Å². The number of hydrogen-bond acceptors (Lipinski definition) is 3. The lowest BCUT2D eigenvalue weighted by molar-refractivity contribution is -0.121. The third kappa shape index (κ3) is 3.18. The fraction of sp³-hybridized carbons (Fsp3) is 0.471. The Morgan fingerprint density at radius 3 is 3.09 bits per heavy atom. The van der Waals surface area contributed by atoms with Crippen LogP contribution < -0.4 is 5.43 Å². The Balaban J connectivity index is 1.68. The van der Waals surface area contributed by atoms with Gasteiger partial charge in [-0.25, -0.2) is 10.4 Å². The minimum atomic E-state index is -0.100. The molecule has 1 aromatic heterocycles. The minimum Gasteiger partial charge on any atom is -0.319 e. The van der Waals surface area contributed by atoms with Crippen molar-refractivity contribution in [3.8, 4) is 0 Å². The van der Waals surface area contributed by atoms with Crippen molar-refractivity contribution in [3.63, 3.8) is 0 Å². The molecule has 0 radical (unpaired) electrons. The normalized spacial score (nSPS) is 20.5. The molecule has 116 valence electrons. The molecule has 5 heteroatoms. The predicted octanol–water partition coefficient (Wildman–Crippen LogP) is 3.03. The summed E-state index contributed by atoms with van der Waals surface area (Å²) in [6, 6.07) is 7.86. The van der Waals surface area contributed by atoms with Crippen molar-refractivity contribution in [1.82, 2.24) is 15.0 Å². The second-order valence-electron chi connectivity index (χ2n) is 6.15. The van der Waals surface area contributed by atoms with Crippen LogP contribution in [0.25, 0.3) is 11.0 Å². The van der Waals surface area contributed by atoms with Crippen LogP contribution in [0.5, 0.6) is 0 Å². The Bertz CT molecular complexity index is 717. The fourth-order valence-electron chi connectivity index (χ4n) is 3.08. The van der Waals surface area contributed by atoms with Crippen molar-refractivity contribution < 1.29 is 4.79 Å². The standard InChI is InChI=1S/C17H22N4O/c1-12-6-5-7-14(10-12)19-20-17(22)11-21-13(2)18-15-8-3-4-9-16(15)21/h3-4,8-9,12H,5-7,10-11H2,1-2H3,(H,20,22)/b19-14+/t12-/m0/s1. The summed E-state index contributed by atoms with van der Waals surface area (Å²) < 4.78 is 1.92. The number of aryl methyl sites for hydroxylation is 1. The van der Waals surface area contributed by atoms with E-state index in [4.69, 9.17) is 0 Å². The molecule has 1 N–H and O–H groups in total. The molecule has 5 nitrogen and oxygen atoms in total. The van der Waals surface area contributed by atoms with Crippen molar-refractivity contribution >= 4 is 22.7 Å². The molecule has 0 aliphatic heterocycles.